The van der Waals surface area contributed by atoms with E-state index < -0.39 is 27.8 Å². The summed E-state index contributed by atoms with van der Waals surface area (Å²) < 4.78 is 31.5. The smallest absolute Gasteiger partial charge is 0.407 e. The molecule has 1 aromatic rings. The van der Waals surface area contributed by atoms with Crippen molar-refractivity contribution in [3.63, 3.8) is 0 Å². The number of carbonyl (C=O) groups excluding carboxylic acids is 2. The third kappa shape index (κ3) is 7.01. The van der Waals surface area contributed by atoms with Gasteiger partial charge in [0.25, 0.3) is 0 Å². The van der Waals surface area contributed by atoms with Crippen LogP contribution in [0.25, 0.3) is 0 Å². The van der Waals surface area contributed by atoms with E-state index in [1.807, 2.05) is 0 Å². The number of hydrogen-bond donors (Lipinski definition) is 2. The van der Waals surface area contributed by atoms with Crippen molar-refractivity contribution in [3.05, 3.63) is 24.3 Å². The van der Waals surface area contributed by atoms with E-state index in [4.69, 9.17) is 4.74 Å². The number of benzene rings is 1. The van der Waals surface area contributed by atoms with E-state index >= 15 is 0 Å². The average molecular weight is 385 g/mol. The predicted octanol–water partition coefficient (Wildman–Crippen LogP) is 2.18. The van der Waals surface area contributed by atoms with Gasteiger partial charge in [0.2, 0.25) is 15.9 Å². The highest BCUT2D eigenvalue weighted by Gasteiger charge is 2.24. The molecule has 0 aromatic heterocycles. The van der Waals surface area contributed by atoms with Gasteiger partial charge in [-0.15, -0.1) is 0 Å². The van der Waals surface area contributed by atoms with Crippen LogP contribution in [-0.4, -0.2) is 50.0 Å². The second kappa shape index (κ2) is 8.50. The summed E-state index contributed by atoms with van der Waals surface area (Å²) in [5, 5.41) is 5.18. The lowest BCUT2D eigenvalue weighted by Crippen LogP contribution is -2.44. The largest absolute Gasteiger partial charge is 0.444 e. The minimum Gasteiger partial charge on any atom is -0.444 e. The number of anilines is 1. The van der Waals surface area contributed by atoms with E-state index in [0.29, 0.717) is 5.69 Å². The van der Waals surface area contributed by atoms with Gasteiger partial charge in [0.05, 0.1) is 4.90 Å². The van der Waals surface area contributed by atoms with Crippen molar-refractivity contribution in [2.24, 2.45) is 0 Å². The molecule has 146 valence electrons. The number of sulfonamides is 1. The fourth-order valence-electron chi connectivity index (χ4n) is 2.13. The molecule has 1 atom stereocenters. The Kier molecular flexibility index (Phi) is 7.16. The predicted molar refractivity (Wildman–Crippen MR) is 99.4 cm³/mol. The van der Waals surface area contributed by atoms with E-state index in [9.17, 15) is 18.0 Å². The summed E-state index contributed by atoms with van der Waals surface area (Å²) in [5.41, 5.74) is -0.115. The molecule has 0 bridgehead atoms. The van der Waals surface area contributed by atoms with Gasteiger partial charge in [-0.1, -0.05) is 0 Å². The SMILES string of the molecule is CC(=O)Nc1ccc(S(=O)(=O)N(C)C[C@H](C)NC(=O)OC(C)(C)C)cc1. The van der Waals surface area contributed by atoms with Crippen LogP contribution in [0.1, 0.15) is 34.6 Å². The van der Waals surface area contributed by atoms with Crippen LogP contribution in [0.5, 0.6) is 0 Å². The van der Waals surface area contributed by atoms with Gasteiger partial charge in [0.1, 0.15) is 5.60 Å². The molecule has 2 amide bonds. The lowest BCUT2D eigenvalue weighted by Gasteiger charge is -2.24. The molecule has 0 heterocycles. The molecule has 0 aliphatic rings. The topological polar surface area (TPSA) is 105 Å². The molecule has 0 unspecified atom stereocenters. The Morgan fingerprint density at radius 1 is 1.19 bits per heavy atom. The second-order valence-corrected chi connectivity index (χ2v) is 9.08. The third-order valence-corrected chi connectivity index (χ3v) is 5.01. The second-order valence-electron chi connectivity index (χ2n) is 7.04. The number of carbonyl (C=O) groups is 2. The van der Waals surface area contributed by atoms with Crippen LogP contribution >= 0.6 is 0 Å². The van der Waals surface area contributed by atoms with Crippen LogP contribution in [0.3, 0.4) is 0 Å². The highest BCUT2D eigenvalue weighted by Crippen LogP contribution is 2.18. The number of nitrogens with one attached hydrogen (secondary N) is 2. The van der Waals surface area contributed by atoms with Crippen molar-refractivity contribution >= 4 is 27.7 Å². The zero-order valence-electron chi connectivity index (χ0n) is 16.0. The number of likely N-dealkylation sites (N-methyl/N-ethyl adjacent to an activating group) is 1. The maximum atomic E-state index is 12.6. The number of nitrogens with zero attached hydrogens (tertiary/aromatic N) is 1. The summed E-state index contributed by atoms with van der Waals surface area (Å²) in [6.07, 6.45) is -0.601. The van der Waals surface area contributed by atoms with E-state index in [-0.39, 0.29) is 17.3 Å². The van der Waals surface area contributed by atoms with Gasteiger partial charge in [-0.3, -0.25) is 4.79 Å². The number of rotatable bonds is 6. The molecule has 0 saturated heterocycles. The molecule has 0 saturated carbocycles. The van der Waals surface area contributed by atoms with Crippen LogP contribution in [0, 0.1) is 0 Å². The number of alkyl carbamates (subject to hydrolysis) is 1. The van der Waals surface area contributed by atoms with Crippen molar-refractivity contribution in [3.8, 4) is 0 Å². The standard InChI is InChI=1S/C17H27N3O5S/c1-12(18-16(22)25-17(3,4)5)11-20(6)26(23,24)15-9-7-14(8-10-15)19-13(2)21/h7-10,12H,11H2,1-6H3,(H,18,22)(H,19,21)/t12-/m0/s1. The molecular weight excluding hydrogens is 358 g/mol. The van der Waals surface area contributed by atoms with E-state index in [0.717, 1.165) is 4.31 Å². The van der Waals surface area contributed by atoms with Gasteiger partial charge in [0, 0.05) is 32.2 Å². The molecule has 1 aromatic carbocycles. The normalized spacial score (nSPS) is 13.2. The Balaban J connectivity index is 2.73. The molecular formula is C17H27N3O5S. The maximum absolute atomic E-state index is 12.6. The van der Waals surface area contributed by atoms with Gasteiger partial charge in [0.15, 0.2) is 0 Å². The van der Waals surface area contributed by atoms with Crippen molar-refractivity contribution in [1.29, 1.82) is 0 Å². The molecule has 1 rings (SSSR count). The first-order chi connectivity index (χ1) is 11.8. The van der Waals surface area contributed by atoms with Gasteiger partial charge in [-0.25, -0.2) is 13.2 Å². The quantitative estimate of drug-likeness (QED) is 0.781. The van der Waals surface area contributed by atoms with Crippen molar-refractivity contribution < 1.29 is 22.7 Å². The van der Waals surface area contributed by atoms with Crippen molar-refractivity contribution in [2.75, 3.05) is 18.9 Å². The van der Waals surface area contributed by atoms with Crippen molar-refractivity contribution in [2.45, 2.75) is 51.2 Å². The average Bonchev–Trinajstić information content (AvgIpc) is 2.44. The van der Waals surface area contributed by atoms with E-state index in [2.05, 4.69) is 10.6 Å². The Morgan fingerprint density at radius 3 is 2.19 bits per heavy atom. The lowest BCUT2D eigenvalue weighted by atomic mass is 10.2. The summed E-state index contributed by atoms with van der Waals surface area (Å²) in [4.78, 5) is 22.9. The summed E-state index contributed by atoms with van der Waals surface area (Å²) in [6, 6.07) is 5.43. The van der Waals surface area contributed by atoms with Crippen LogP contribution in [0.2, 0.25) is 0 Å². The van der Waals surface area contributed by atoms with Crippen LogP contribution in [-0.2, 0) is 19.6 Å². The maximum Gasteiger partial charge on any atom is 0.407 e. The minimum atomic E-state index is -3.72. The number of amides is 2. The number of hydrogen-bond acceptors (Lipinski definition) is 5. The first-order valence-corrected chi connectivity index (χ1v) is 9.59. The fourth-order valence-corrected chi connectivity index (χ4v) is 3.39. The van der Waals surface area contributed by atoms with Gasteiger partial charge >= 0.3 is 6.09 Å². The summed E-state index contributed by atoms with van der Waals surface area (Å²) >= 11 is 0. The van der Waals surface area contributed by atoms with Crippen LogP contribution < -0.4 is 10.6 Å². The van der Waals surface area contributed by atoms with Crippen LogP contribution in [0.15, 0.2) is 29.2 Å². The third-order valence-electron chi connectivity index (χ3n) is 3.18. The van der Waals surface area contributed by atoms with Gasteiger partial charge < -0.3 is 15.4 Å². The molecule has 0 radical (unpaired) electrons. The molecule has 8 nitrogen and oxygen atoms in total. The summed E-state index contributed by atoms with van der Waals surface area (Å²) in [5.74, 6) is -0.236. The first kappa shape index (κ1) is 21.9. The summed E-state index contributed by atoms with van der Waals surface area (Å²) in [6.45, 7) is 8.39. The van der Waals surface area contributed by atoms with Gasteiger partial charge in [-0.05, 0) is 52.0 Å². The molecule has 0 aliphatic heterocycles. The molecule has 0 aliphatic carbocycles. The Hall–Kier alpha value is -2.13. The zero-order chi connectivity index (χ0) is 20.1. The number of ether oxygens (including phenoxy) is 1. The monoisotopic (exact) mass is 385 g/mol. The van der Waals surface area contributed by atoms with Crippen LogP contribution in [0.4, 0.5) is 10.5 Å². The molecule has 0 spiro atoms. The summed E-state index contributed by atoms with van der Waals surface area (Å²) in [7, 11) is -2.29. The highest BCUT2D eigenvalue weighted by molar-refractivity contribution is 7.89. The Morgan fingerprint density at radius 2 is 1.73 bits per heavy atom. The zero-order valence-corrected chi connectivity index (χ0v) is 16.8. The minimum absolute atomic E-state index is 0.0784. The molecule has 2 N–H and O–H groups in total. The first-order valence-electron chi connectivity index (χ1n) is 8.15. The van der Waals surface area contributed by atoms with E-state index in [1.54, 1.807) is 27.7 Å². The highest BCUT2D eigenvalue weighted by atomic mass is 32.2. The molecule has 9 heteroatoms. The molecule has 0 fully saturated rings. The molecule has 26 heavy (non-hydrogen) atoms. The lowest BCUT2D eigenvalue weighted by molar-refractivity contribution is -0.114. The van der Waals surface area contributed by atoms with Crippen molar-refractivity contribution in [1.82, 2.24) is 9.62 Å². The Bertz CT molecular complexity index is 739. The Labute approximate surface area is 155 Å². The van der Waals surface area contributed by atoms with E-state index in [1.165, 1.54) is 38.2 Å². The fraction of sp³-hybridized carbons (Fsp3) is 0.529. The van der Waals surface area contributed by atoms with Gasteiger partial charge in [-0.2, -0.15) is 4.31 Å².